The van der Waals surface area contributed by atoms with Gasteiger partial charge in [-0.25, -0.2) is 4.99 Å². The van der Waals surface area contributed by atoms with Crippen LogP contribution in [-0.4, -0.2) is 23.6 Å². The molecule has 0 saturated heterocycles. The lowest BCUT2D eigenvalue weighted by atomic mass is 10.1. The van der Waals surface area contributed by atoms with Crippen molar-refractivity contribution in [3.63, 3.8) is 0 Å². The van der Waals surface area contributed by atoms with Crippen LogP contribution in [0, 0.1) is 0 Å². The lowest BCUT2D eigenvalue weighted by Crippen LogP contribution is -2.21. The predicted octanol–water partition coefficient (Wildman–Crippen LogP) is 2.39. The van der Waals surface area contributed by atoms with Crippen LogP contribution in [0.4, 0.5) is 0 Å². The van der Waals surface area contributed by atoms with Crippen molar-refractivity contribution in [1.29, 1.82) is 0 Å². The Morgan fingerprint density at radius 3 is 3.10 bits per heavy atom. The molecule has 104 valence electrons. The summed E-state index contributed by atoms with van der Waals surface area (Å²) in [4.78, 5) is 16.1. The lowest BCUT2D eigenvalue weighted by molar-refractivity contribution is -0.115. The van der Waals surface area contributed by atoms with Gasteiger partial charge in [0.05, 0.1) is 0 Å². The second-order valence-electron chi connectivity index (χ2n) is 4.36. The van der Waals surface area contributed by atoms with E-state index in [4.69, 9.17) is 9.47 Å². The third-order valence-corrected chi connectivity index (χ3v) is 3.90. The molecule has 0 radical (unpaired) electrons. The Balaban J connectivity index is 1.81. The minimum absolute atomic E-state index is 0.165. The quantitative estimate of drug-likeness (QED) is 0.868. The van der Waals surface area contributed by atoms with E-state index in [0.717, 1.165) is 23.5 Å². The lowest BCUT2D eigenvalue weighted by Gasteiger charge is -1.98. The van der Waals surface area contributed by atoms with Crippen LogP contribution < -0.4 is 14.8 Å². The van der Waals surface area contributed by atoms with E-state index in [2.05, 4.69) is 17.2 Å². The molecule has 0 fully saturated rings. The summed E-state index contributed by atoms with van der Waals surface area (Å²) in [5, 5.41) is 3.43. The van der Waals surface area contributed by atoms with E-state index in [-0.39, 0.29) is 12.7 Å². The highest BCUT2D eigenvalue weighted by Crippen LogP contribution is 2.33. The molecule has 2 heterocycles. The number of fused-ring (bicyclic) bond motifs is 1. The Morgan fingerprint density at radius 2 is 2.25 bits per heavy atom. The van der Waals surface area contributed by atoms with Gasteiger partial charge in [0, 0.05) is 5.75 Å². The van der Waals surface area contributed by atoms with Crippen LogP contribution in [0.2, 0.25) is 0 Å². The first-order valence-corrected chi connectivity index (χ1v) is 7.39. The molecule has 0 spiro atoms. The fourth-order valence-electron chi connectivity index (χ4n) is 1.87. The average molecular weight is 290 g/mol. The van der Waals surface area contributed by atoms with Crippen molar-refractivity contribution < 1.29 is 14.3 Å². The summed E-state index contributed by atoms with van der Waals surface area (Å²) in [6.07, 6.45) is 2.79. The fraction of sp³-hybridized carbons (Fsp3) is 0.286. The molecule has 20 heavy (non-hydrogen) atoms. The number of carbonyl (C=O) groups excluding carboxylic acids is 1. The maximum Gasteiger partial charge on any atom is 0.275 e. The number of hydrogen-bond donors (Lipinski definition) is 1. The fourth-order valence-corrected chi connectivity index (χ4v) is 2.60. The van der Waals surface area contributed by atoms with Crippen molar-refractivity contribution in [3.05, 3.63) is 29.5 Å². The molecule has 0 bridgehead atoms. The Hall–Kier alpha value is -1.95. The van der Waals surface area contributed by atoms with Crippen LogP contribution in [0.3, 0.4) is 0 Å². The zero-order valence-electron chi connectivity index (χ0n) is 11.0. The molecular formula is C14H14N2O3S. The molecule has 1 aromatic carbocycles. The van der Waals surface area contributed by atoms with Crippen LogP contribution in [0.5, 0.6) is 11.5 Å². The van der Waals surface area contributed by atoms with E-state index < -0.39 is 0 Å². The molecule has 3 rings (SSSR count). The number of nitrogens with zero attached hydrogens (tertiary/aromatic N) is 1. The van der Waals surface area contributed by atoms with E-state index in [1.54, 1.807) is 17.8 Å². The van der Waals surface area contributed by atoms with Gasteiger partial charge in [-0.2, -0.15) is 0 Å². The van der Waals surface area contributed by atoms with E-state index in [9.17, 15) is 4.79 Å². The number of benzene rings is 1. The topological polar surface area (TPSA) is 59.9 Å². The summed E-state index contributed by atoms with van der Waals surface area (Å²) in [6, 6.07) is 5.55. The number of amidine groups is 1. The Kier molecular flexibility index (Phi) is 3.64. The van der Waals surface area contributed by atoms with Gasteiger partial charge in [0.2, 0.25) is 6.79 Å². The van der Waals surface area contributed by atoms with Gasteiger partial charge in [0.1, 0.15) is 5.70 Å². The summed E-state index contributed by atoms with van der Waals surface area (Å²) >= 11 is 1.55. The number of hydrogen-bond acceptors (Lipinski definition) is 5. The SMILES string of the molecule is CCCSC1=N/C(=C\c2ccc3c(c2)OCO3)C(=O)N1. The van der Waals surface area contributed by atoms with Crippen molar-refractivity contribution in [2.24, 2.45) is 4.99 Å². The van der Waals surface area contributed by atoms with Gasteiger partial charge in [0.25, 0.3) is 5.91 Å². The third-order valence-electron chi connectivity index (χ3n) is 2.82. The molecule has 0 aliphatic carbocycles. The number of rotatable bonds is 3. The molecule has 2 aliphatic rings. The predicted molar refractivity (Wildman–Crippen MR) is 78.9 cm³/mol. The molecule has 0 aromatic heterocycles. The first-order valence-electron chi connectivity index (χ1n) is 6.40. The molecule has 1 amide bonds. The Labute approximate surface area is 121 Å². The normalized spacial score (nSPS) is 18.4. The Morgan fingerprint density at radius 1 is 1.40 bits per heavy atom. The number of carbonyl (C=O) groups is 1. The Bertz CT molecular complexity index is 610. The van der Waals surface area contributed by atoms with E-state index in [1.807, 2.05) is 18.2 Å². The zero-order valence-corrected chi connectivity index (χ0v) is 11.8. The minimum atomic E-state index is -0.165. The average Bonchev–Trinajstić information content (AvgIpc) is 3.03. The largest absolute Gasteiger partial charge is 0.454 e. The van der Waals surface area contributed by atoms with E-state index in [1.165, 1.54) is 0 Å². The van der Waals surface area contributed by atoms with Gasteiger partial charge in [-0.3, -0.25) is 10.1 Å². The number of nitrogens with one attached hydrogen (secondary N) is 1. The molecule has 5 nitrogen and oxygen atoms in total. The molecule has 1 N–H and O–H groups in total. The standard InChI is InChI=1S/C14H14N2O3S/c1-2-5-20-14-15-10(13(17)16-14)6-9-3-4-11-12(7-9)19-8-18-11/h3-4,6-7H,2,5,8H2,1H3,(H,15,16,17)/b10-6-. The monoisotopic (exact) mass is 290 g/mol. The van der Waals surface area contributed by atoms with Crippen molar-refractivity contribution in [2.75, 3.05) is 12.5 Å². The van der Waals surface area contributed by atoms with E-state index in [0.29, 0.717) is 16.6 Å². The van der Waals surface area contributed by atoms with Gasteiger partial charge in [-0.1, -0.05) is 24.8 Å². The molecular weight excluding hydrogens is 276 g/mol. The van der Waals surface area contributed by atoms with Gasteiger partial charge >= 0.3 is 0 Å². The number of amides is 1. The highest BCUT2D eigenvalue weighted by Gasteiger charge is 2.20. The van der Waals surface area contributed by atoms with Crippen LogP contribution in [0.15, 0.2) is 28.9 Å². The smallest absolute Gasteiger partial charge is 0.275 e. The summed E-state index contributed by atoms with van der Waals surface area (Å²) in [7, 11) is 0. The maximum atomic E-state index is 11.8. The molecule has 0 unspecified atom stereocenters. The number of thioether (sulfide) groups is 1. The second kappa shape index (κ2) is 5.58. The number of aliphatic imine (C=N–C) groups is 1. The van der Waals surface area contributed by atoms with Crippen LogP contribution >= 0.6 is 11.8 Å². The van der Waals surface area contributed by atoms with Gasteiger partial charge in [-0.15, -0.1) is 0 Å². The van der Waals surface area contributed by atoms with Crippen LogP contribution in [0.25, 0.3) is 6.08 Å². The third kappa shape index (κ3) is 2.65. The van der Waals surface area contributed by atoms with Gasteiger partial charge < -0.3 is 9.47 Å². The molecule has 0 atom stereocenters. The second-order valence-corrected chi connectivity index (χ2v) is 5.45. The highest BCUT2D eigenvalue weighted by molar-refractivity contribution is 8.13. The maximum absolute atomic E-state index is 11.8. The first kappa shape index (κ1) is 13.1. The minimum Gasteiger partial charge on any atom is -0.454 e. The summed E-state index contributed by atoms with van der Waals surface area (Å²) in [5.41, 5.74) is 1.28. The van der Waals surface area contributed by atoms with E-state index >= 15 is 0 Å². The molecule has 2 aliphatic heterocycles. The highest BCUT2D eigenvalue weighted by atomic mass is 32.2. The molecule has 1 aromatic rings. The van der Waals surface area contributed by atoms with Crippen molar-refractivity contribution in [2.45, 2.75) is 13.3 Å². The van der Waals surface area contributed by atoms with Gasteiger partial charge in [-0.05, 0) is 30.2 Å². The molecule has 6 heteroatoms. The summed E-state index contributed by atoms with van der Waals surface area (Å²) in [6.45, 7) is 2.33. The summed E-state index contributed by atoms with van der Waals surface area (Å²) in [5.74, 6) is 2.20. The van der Waals surface area contributed by atoms with Gasteiger partial charge in [0.15, 0.2) is 16.7 Å². The van der Waals surface area contributed by atoms with Crippen molar-refractivity contribution >= 4 is 28.9 Å². The van der Waals surface area contributed by atoms with Crippen LogP contribution in [0.1, 0.15) is 18.9 Å². The first-order chi connectivity index (χ1) is 9.76. The molecule has 0 saturated carbocycles. The summed E-state index contributed by atoms with van der Waals surface area (Å²) < 4.78 is 10.6. The van der Waals surface area contributed by atoms with Crippen molar-refractivity contribution in [3.8, 4) is 11.5 Å². The van der Waals surface area contributed by atoms with Crippen molar-refractivity contribution in [1.82, 2.24) is 5.32 Å². The number of ether oxygens (including phenoxy) is 2. The zero-order chi connectivity index (χ0) is 13.9. The van der Waals surface area contributed by atoms with Crippen LogP contribution in [-0.2, 0) is 4.79 Å².